The average molecular weight is 375 g/mol. The lowest BCUT2D eigenvalue weighted by atomic mass is 10.1. The smallest absolute Gasteiger partial charge is 0.251 e. The molecule has 0 radical (unpaired) electrons. The molecule has 0 aliphatic heterocycles. The van der Waals surface area contributed by atoms with E-state index < -0.39 is 0 Å². The summed E-state index contributed by atoms with van der Waals surface area (Å²) in [7, 11) is 0. The van der Waals surface area contributed by atoms with Crippen molar-refractivity contribution in [3.63, 3.8) is 0 Å². The molecule has 1 heterocycles. The van der Waals surface area contributed by atoms with Gasteiger partial charge in [-0.3, -0.25) is 4.79 Å². The minimum Gasteiger partial charge on any atom is -0.477 e. The van der Waals surface area contributed by atoms with Crippen LogP contribution in [0.1, 0.15) is 34.3 Å². The van der Waals surface area contributed by atoms with E-state index in [1.807, 2.05) is 37.3 Å². The van der Waals surface area contributed by atoms with Gasteiger partial charge < -0.3 is 10.1 Å². The molecule has 1 fully saturated rings. The van der Waals surface area contributed by atoms with Gasteiger partial charge in [-0.15, -0.1) is 0 Å². The van der Waals surface area contributed by atoms with Crippen LogP contribution in [-0.4, -0.2) is 17.5 Å². The molecule has 0 saturated heterocycles. The predicted molar refractivity (Wildman–Crippen MR) is 92.5 cm³/mol. The third-order valence-electron chi connectivity index (χ3n) is 3.85. The number of carbonyl (C=O) groups is 1. The summed E-state index contributed by atoms with van der Waals surface area (Å²) in [6.07, 6.45) is 4.27. The van der Waals surface area contributed by atoms with Crippen molar-refractivity contribution >= 4 is 21.8 Å². The number of nitrogens with one attached hydrogen (secondary N) is 1. The van der Waals surface area contributed by atoms with E-state index in [9.17, 15) is 4.79 Å². The molecule has 0 atom stereocenters. The third-order valence-corrected chi connectivity index (χ3v) is 4.34. The quantitative estimate of drug-likeness (QED) is 0.834. The fraction of sp³-hybridized carbons (Fsp3) is 0.333. The summed E-state index contributed by atoms with van der Waals surface area (Å²) in [5, 5.41) is 2.92. The van der Waals surface area contributed by atoms with Crippen LogP contribution in [0.4, 0.5) is 0 Å². The monoisotopic (exact) mass is 374 g/mol. The highest BCUT2D eigenvalue weighted by molar-refractivity contribution is 9.10. The lowest BCUT2D eigenvalue weighted by Gasteiger charge is -2.09. The molecule has 5 heteroatoms. The molecule has 1 amide bonds. The number of halogens is 1. The van der Waals surface area contributed by atoms with E-state index in [-0.39, 0.29) is 5.91 Å². The molecular weight excluding hydrogens is 356 g/mol. The van der Waals surface area contributed by atoms with E-state index in [0.717, 1.165) is 22.2 Å². The number of benzene rings is 1. The van der Waals surface area contributed by atoms with E-state index in [4.69, 9.17) is 4.74 Å². The zero-order valence-corrected chi connectivity index (χ0v) is 14.6. The minimum absolute atomic E-state index is 0.0796. The molecule has 0 bridgehead atoms. The van der Waals surface area contributed by atoms with E-state index in [0.29, 0.717) is 23.9 Å². The number of nitrogens with zero attached hydrogens (tertiary/aromatic N) is 1. The second-order valence-corrected chi connectivity index (χ2v) is 6.82. The number of hydrogen-bond acceptors (Lipinski definition) is 3. The van der Waals surface area contributed by atoms with Gasteiger partial charge in [-0.2, -0.15) is 0 Å². The summed E-state index contributed by atoms with van der Waals surface area (Å²) in [4.78, 5) is 16.5. The topological polar surface area (TPSA) is 51.2 Å². The SMILES string of the molecule is Cc1cc(Br)ccc1C(=O)NCc1ccc(OCC2CC2)nc1. The molecule has 23 heavy (non-hydrogen) atoms. The Kier molecular flexibility index (Phi) is 4.96. The Morgan fingerprint density at radius 3 is 2.83 bits per heavy atom. The zero-order valence-electron chi connectivity index (χ0n) is 13.0. The molecule has 120 valence electrons. The molecule has 3 rings (SSSR count). The molecule has 1 aliphatic rings. The van der Waals surface area contributed by atoms with Crippen molar-refractivity contribution in [1.82, 2.24) is 10.3 Å². The fourth-order valence-corrected chi connectivity index (χ4v) is 2.72. The van der Waals surface area contributed by atoms with E-state index in [1.165, 1.54) is 12.8 Å². The van der Waals surface area contributed by atoms with E-state index in [1.54, 1.807) is 6.20 Å². The van der Waals surface area contributed by atoms with Gasteiger partial charge in [0.25, 0.3) is 5.91 Å². The largest absolute Gasteiger partial charge is 0.477 e. The van der Waals surface area contributed by atoms with Crippen LogP contribution in [0.5, 0.6) is 5.88 Å². The molecule has 1 aromatic heterocycles. The van der Waals surface area contributed by atoms with Gasteiger partial charge in [-0.25, -0.2) is 4.98 Å². The summed E-state index contributed by atoms with van der Waals surface area (Å²) in [6, 6.07) is 9.42. The maximum Gasteiger partial charge on any atom is 0.251 e. The van der Waals surface area contributed by atoms with Crippen LogP contribution in [0.15, 0.2) is 41.0 Å². The first kappa shape index (κ1) is 16.0. The molecule has 0 unspecified atom stereocenters. The Balaban J connectivity index is 1.53. The van der Waals surface area contributed by atoms with Gasteiger partial charge in [0, 0.05) is 28.8 Å². The molecule has 1 aliphatic carbocycles. The van der Waals surface area contributed by atoms with Gasteiger partial charge in [0.15, 0.2) is 0 Å². The number of carbonyl (C=O) groups excluding carboxylic acids is 1. The van der Waals surface area contributed by atoms with Crippen molar-refractivity contribution in [2.24, 2.45) is 5.92 Å². The third kappa shape index (κ3) is 4.55. The van der Waals surface area contributed by atoms with Gasteiger partial charge in [0.1, 0.15) is 0 Å². The Morgan fingerprint density at radius 1 is 1.35 bits per heavy atom. The number of pyridine rings is 1. The minimum atomic E-state index is -0.0796. The van der Waals surface area contributed by atoms with Gasteiger partial charge in [0.2, 0.25) is 5.88 Å². The first-order chi connectivity index (χ1) is 11.1. The standard InChI is InChI=1S/C18H19BrN2O2/c1-12-8-15(19)5-6-16(12)18(22)21-10-14-4-7-17(20-9-14)23-11-13-2-3-13/h4-9,13H,2-3,10-11H2,1H3,(H,21,22). The fourth-order valence-electron chi connectivity index (χ4n) is 2.25. The molecular formula is C18H19BrN2O2. The van der Waals surface area contributed by atoms with Crippen molar-refractivity contribution < 1.29 is 9.53 Å². The van der Waals surface area contributed by atoms with Gasteiger partial charge in [-0.05, 0) is 55.0 Å². The average Bonchev–Trinajstić information content (AvgIpc) is 3.36. The summed E-state index contributed by atoms with van der Waals surface area (Å²) in [6.45, 7) is 3.13. The molecule has 4 nitrogen and oxygen atoms in total. The van der Waals surface area contributed by atoms with Crippen molar-refractivity contribution in [3.05, 3.63) is 57.7 Å². The molecule has 1 aromatic carbocycles. The molecule has 1 saturated carbocycles. The second-order valence-electron chi connectivity index (χ2n) is 5.90. The lowest BCUT2D eigenvalue weighted by molar-refractivity contribution is 0.0950. The van der Waals surface area contributed by atoms with Crippen molar-refractivity contribution in [1.29, 1.82) is 0 Å². The highest BCUT2D eigenvalue weighted by Gasteiger charge is 2.22. The molecule has 1 N–H and O–H groups in total. The van der Waals surface area contributed by atoms with Crippen LogP contribution >= 0.6 is 15.9 Å². The van der Waals surface area contributed by atoms with E-state index >= 15 is 0 Å². The number of aromatic nitrogens is 1. The summed E-state index contributed by atoms with van der Waals surface area (Å²) < 4.78 is 6.57. The normalized spacial score (nSPS) is 13.7. The van der Waals surface area contributed by atoms with Crippen LogP contribution in [0, 0.1) is 12.8 Å². The maximum absolute atomic E-state index is 12.2. The van der Waals surface area contributed by atoms with Crippen molar-refractivity contribution in [2.45, 2.75) is 26.3 Å². The van der Waals surface area contributed by atoms with Crippen LogP contribution < -0.4 is 10.1 Å². The first-order valence-electron chi connectivity index (χ1n) is 7.74. The summed E-state index contributed by atoms with van der Waals surface area (Å²) in [5.41, 5.74) is 2.58. The van der Waals surface area contributed by atoms with Crippen LogP contribution in [0.25, 0.3) is 0 Å². The van der Waals surface area contributed by atoms with Gasteiger partial charge in [-0.1, -0.05) is 22.0 Å². The molecule has 0 spiro atoms. The van der Waals surface area contributed by atoms with Crippen molar-refractivity contribution in [3.8, 4) is 5.88 Å². The summed E-state index contributed by atoms with van der Waals surface area (Å²) >= 11 is 3.40. The number of hydrogen-bond donors (Lipinski definition) is 1. The number of rotatable bonds is 6. The lowest BCUT2D eigenvalue weighted by Crippen LogP contribution is -2.23. The van der Waals surface area contributed by atoms with Crippen LogP contribution in [0.2, 0.25) is 0 Å². The van der Waals surface area contributed by atoms with E-state index in [2.05, 4.69) is 26.2 Å². The molecule has 2 aromatic rings. The maximum atomic E-state index is 12.2. The van der Waals surface area contributed by atoms with Crippen LogP contribution in [-0.2, 0) is 6.54 Å². The Labute approximate surface area is 144 Å². The highest BCUT2D eigenvalue weighted by Crippen LogP contribution is 2.29. The predicted octanol–water partition coefficient (Wildman–Crippen LogP) is 3.87. The van der Waals surface area contributed by atoms with Crippen LogP contribution in [0.3, 0.4) is 0 Å². The number of aryl methyl sites for hydroxylation is 1. The van der Waals surface area contributed by atoms with Gasteiger partial charge in [0.05, 0.1) is 6.61 Å². The number of ether oxygens (including phenoxy) is 1. The Morgan fingerprint density at radius 2 is 2.17 bits per heavy atom. The van der Waals surface area contributed by atoms with Crippen molar-refractivity contribution in [2.75, 3.05) is 6.61 Å². The Bertz CT molecular complexity index is 697. The number of amides is 1. The van der Waals surface area contributed by atoms with Gasteiger partial charge >= 0.3 is 0 Å². The summed E-state index contributed by atoms with van der Waals surface area (Å²) in [5.74, 6) is 1.28. The zero-order chi connectivity index (χ0) is 16.2. The highest BCUT2D eigenvalue weighted by atomic mass is 79.9. The second kappa shape index (κ2) is 7.13. The Hall–Kier alpha value is -1.88. The first-order valence-corrected chi connectivity index (χ1v) is 8.53.